The summed E-state index contributed by atoms with van der Waals surface area (Å²) in [7, 11) is 0. The second-order valence-electron chi connectivity index (χ2n) is 2.57. The summed E-state index contributed by atoms with van der Waals surface area (Å²) in [5, 5.41) is 0. The molecule has 0 aromatic heterocycles. The van der Waals surface area contributed by atoms with Crippen molar-refractivity contribution in [3.63, 3.8) is 0 Å². The fourth-order valence-electron chi connectivity index (χ4n) is 1.11. The summed E-state index contributed by atoms with van der Waals surface area (Å²) < 4.78 is 5.33. The Morgan fingerprint density at radius 2 is 2.33 bits per heavy atom. The number of hydrogen-bond acceptors (Lipinski definition) is 1. The zero-order valence-corrected chi connectivity index (χ0v) is 5.81. The summed E-state index contributed by atoms with van der Waals surface area (Å²) in [5.74, 6) is 0.618. The lowest BCUT2D eigenvalue weighted by atomic mass is 10.1. The minimum Gasteiger partial charge on any atom is -0.381 e. The molecule has 1 saturated heterocycles. The zero-order valence-electron chi connectivity index (χ0n) is 5.81. The van der Waals surface area contributed by atoms with Gasteiger partial charge in [-0.05, 0) is 18.8 Å². The first-order valence-corrected chi connectivity index (χ1v) is 3.64. The Balaban J connectivity index is 2.26. The second kappa shape index (κ2) is 3.67. The Labute approximate surface area is 56.7 Å². The molecule has 52 valence electrons. The Morgan fingerprint density at radius 3 is 3.11 bits per heavy atom. The molecule has 0 spiro atoms. The molecular weight excluding hydrogens is 112 g/mol. The van der Waals surface area contributed by atoms with Crippen LogP contribution in [0.15, 0.2) is 12.7 Å². The quantitative estimate of drug-likeness (QED) is 0.488. The first-order valence-electron chi connectivity index (χ1n) is 3.64. The average Bonchev–Trinajstić information content (AvgIpc) is 2.13. The Hall–Kier alpha value is -0.300. The van der Waals surface area contributed by atoms with E-state index in [1.807, 2.05) is 6.08 Å². The van der Waals surface area contributed by atoms with E-state index in [1.54, 1.807) is 0 Å². The summed E-state index contributed by atoms with van der Waals surface area (Å²) in [6.45, 7) is 5.59. The van der Waals surface area contributed by atoms with E-state index < -0.39 is 0 Å². The number of ether oxygens (including phenoxy) is 1. The highest BCUT2D eigenvalue weighted by molar-refractivity contribution is 4.79. The summed E-state index contributed by atoms with van der Waals surface area (Å²) in [4.78, 5) is 0. The Kier molecular flexibility index (Phi) is 2.78. The average molecular weight is 126 g/mol. The number of rotatable bonds is 1. The highest BCUT2D eigenvalue weighted by Gasteiger charge is 2.07. The lowest BCUT2D eigenvalue weighted by Gasteiger charge is -2.05. The van der Waals surface area contributed by atoms with Crippen LogP contribution < -0.4 is 0 Å². The molecule has 0 aromatic rings. The van der Waals surface area contributed by atoms with Gasteiger partial charge >= 0.3 is 0 Å². The summed E-state index contributed by atoms with van der Waals surface area (Å²) in [5.41, 5.74) is 0. The van der Waals surface area contributed by atoms with Crippen LogP contribution in [0.25, 0.3) is 0 Å². The zero-order chi connectivity index (χ0) is 6.53. The van der Waals surface area contributed by atoms with Crippen LogP contribution in [-0.4, -0.2) is 13.2 Å². The SMILES string of the molecule is C=CC1CCCCOC1. The largest absolute Gasteiger partial charge is 0.381 e. The van der Waals surface area contributed by atoms with Gasteiger partial charge in [0.2, 0.25) is 0 Å². The molecule has 0 bridgehead atoms. The van der Waals surface area contributed by atoms with Gasteiger partial charge < -0.3 is 4.74 Å². The Morgan fingerprint density at radius 1 is 1.44 bits per heavy atom. The van der Waals surface area contributed by atoms with Gasteiger partial charge in [0.05, 0.1) is 6.61 Å². The molecule has 1 fully saturated rings. The summed E-state index contributed by atoms with van der Waals surface area (Å²) in [6.07, 6.45) is 5.80. The molecule has 9 heavy (non-hydrogen) atoms. The minimum atomic E-state index is 0.618. The number of hydrogen-bond donors (Lipinski definition) is 0. The van der Waals surface area contributed by atoms with Gasteiger partial charge in [-0.2, -0.15) is 0 Å². The highest BCUT2D eigenvalue weighted by atomic mass is 16.5. The van der Waals surface area contributed by atoms with Crippen LogP contribution in [0, 0.1) is 5.92 Å². The second-order valence-corrected chi connectivity index (χ2v) is 2.57. The van der Waals surface area contributed by atoms with E-state index in [0.717, 1.165) is 13.2 Å². The maximum absolute atomic E-state index is 5.33. The minimum absolute atomic E-state index is 0.618. The van der Waals surface area contributed by atoms with Crippen LogP contribution in [0.2, 0.25) is 0 Å². The van der Waals surface area contributed by atoms with Crippen LogP contribution in [0.1, 0.15) is 19.3 Å². The molecule has 1 nitrogen and oxygen atoms in total. The van der Waals surface area contributed by atoms with E-state index in [0.29, 0.717) is 5.92 Å². The third-order valence-corrected chi connectivity index (χ3v) is 1.78. The van der Waals surface area contributed by atoms with E-state index in [4.69, 9.17) is 4.74 Å². The van der Waals surface area contributed by atoms with Gasteiger partial charge in [-0.15, -0.1) is 6.58 Å². The third-order valence-electron chi connectivity index (χ3n) is 1.78. The molecule has 0 amide bonds. The maximum atomic E-state index is 5.33. The van der Waals surface area contributed by atoms with Gasteiger partial charge in [0.1, 0.15) is 0 Å². The van der Waals surface area contributed by atoms with Crippen molar-refractivity contribution in [3.8, 4) is 0 Å². The van der Waals surface area contributed by atoms with E-state index in [9.17, 15) is 0 Å². The van der Waals surface area contributed by atoms with Crippen molar-refractivity contribution in [1.82, 2.24) is 0 Å². The highest BCUT2D eigenvalue weighted by Crippen LogP contribution is 2.13. The first kappa shape index (κ1) is 6.81. The van der Waals surface area contributed by atoms with E-state index in [1.165, 1.54) is 19.3 Å². The fourth-order valence-corrected chi connectivity index (χ4v) is 1.11. The van der Waals surface area contributed by atoms with Crippen LogP contribution in [0.5, 0.6) is 0 Å². The molecule has 0 saturated carbocycles. The fraction of sp³-hybridized carbons (Fsp3) is 0.750. The molecule has 1 unspecified atom stereocenters. The van der Waals surface area contributed by atoms with Crippen LogP contribution in [0.3, 0.4) is 0 Å². The van der Waals surface area contributed by atoms with Gasteiger partial charge in [0.15, 0.2) is 0 Å². The van der Waals surface area contributed by atoms with Gasteiger partial charge in [-0.25, -0.2) is 0 Å². The lowest BCUT2D eigenvalue weighted by molar-refractivity contribution is 0.128. The lowest BCUT2D eigenvalue weighted by Crippen LogP contribution is -2.02. The molecule has 1 aliphatic heterocycles. The van der Waals surface area contributed by atoms with Crippen molar-refractivity contribution < 1.29 is 4.74 Å². The molecule has 0 aromatic carbocycles. The van der Waals surface area contributed by atoms with Crippen LogP contribution in [-0.2, 0) is 4.74 Å². The Bertz CT molecular complexity index is 80.6. The van der Waals surface area contributed by atoms with Gasteiger partial charge in [-0.3, -0.25) is 0 Å². The normalized spacial score (nSPS) is 29.1. The molecule has 0 N–H and O–H groups in total. The van der Waals surface area contributed by atoms with E-state index in [2.05, 4.69) is 6.58 Å². The molecule has 0 radical (unpaired) electrons. The van der Waals surface area contributed by atoms with Gasteiger partial charge in [0.25, 0.3) is 0 Å². The molecular formula is C8H14O. The smallest absolute Gasteiger partial charge is 0.0528 e. The van der Waals surface area contributed by atoms with Crippen molar-refractivity contribution in [2.24, 2.45) is 5.92 Å². The van der Waals surface area contributed by atoms with Crippen LogP contribution >= 0.6 is 0 Å². The summed E-state index contributed by atoms with van der Waals surface area (Å²) >= 11 is 0. The third kappa shape index (κ3) is 2.19. The van der Waals surface area contributed by atoms with E-state index >= 15 is 0 Å². The van der Waals surface area contributed by atoms with Crippen molar-refractivity contribution >= 4 is 0 Å². The van der Waals surface area contributed by atoms with Crippen molar-refractivity contribution in [2.45, 2.75) is 19.3 Å². The predicted octanol–water partition coefficient (Wildman–Crippen LogP) is 1.99. The molecule has 1 heterocycles. The predicted molar refractivity (Wildman–Crippen MR) is 38.4 cm³/mol. The monoisotopic (exact) mass is 126 g/mol. The van der Waals surface area contributed by atoms with Crippen LogP contribution in [0.4, 0.5) is 0 Å². The maximum Gasteiger partial charge on any atom is 0.0528 e. The van der Waals surface area contributed by atoms with Gasteiger partial charge in [0, 0.05) is 6.61 Å². The first-order chi connectivity index (χ1) is 4.43. The standard InChI is InChI=1S/C8H14O/c1-2-8-5-3-4-6-9-7-8/h2,8H,1,3-7H2. The molecule has 1 aliphatic rings. The van der Waals surface area contributed by atoms with Crippen molar-refractivity contribution in [3.05, 3.63) is 12.7 Å². The molecule has 1 atom stereocenters. The van der Waals surface area contributed by atoms with E-state index in [-0.39, 0.29) is 0 Å². The molecule has 1 heteroatoms. The molecule has 1 rings (SSSR count). The van der Waals surface area contributed by atoms with Crippen molar-refractivity contribution in [1.29, 1.82) is 0 Å². The topological polar surface area (TPSA) is 9.23 Å². The molecule has 0 aliphatic carbocycles. The summed E-state index contributed by atoms with van der Waals surface area (Å²) in [6, 6.07) is 0. The van der Waals surface area contributed by atoms with Crippen molar-refractivity contribution in [2.75, 3.05) is 13.2 Å². The van der Waals surface area contributed by atoms with Gasteiger partial charge in [-0.1, -0.05) is 12.5 Å².